The van der Waals surface area contributed by atoms with Crippen LogP contribution in [-0.4, -0.2) is 53.3 Å². The molecule has 0 fully saturated rings. The van der Waals surface area contributed by atoms with Crippen molar-refractivity contribution in [2.45, 2.75) is 52.6 Å². The van der Waals surface area contributed by atoms with Gasteiger partial charge >= 0.3 is 5.97 Å². The van der Waals surface area contributed by atoms with Crippen LogP contribution in [0.5, 0.6) is 0 Å². The highest BCUT2D eigenvalue weighted by molar-refractivity contribution is 6.35. The molecule has 0 unspecified atom stereocenters. The topological polar surface area (TPSA) is 117 Å². The number of hydrogen-bond donors (Lipinski definition) is 2. The summed E-state index contributed by atoms with van der Waals surface area (Å²) in [6.45, 7) is 9.05. The predicted octanol–water partition coefficient (Wildman–Crippen LogP) is 3.95. The number of rotatable bonds is 5. The summed E-state index contributed by atoms with van der Waals surface area (Å²) in [5.41, 5.74) is 7.18. The summed E-state index contributed by atoms with van der Waals surface area (Å²) in [7, 11) is 0. The van der Waals surface area contributed by atoms with Gasteiger partial charge in [-0.05, 0) is 58.9 Å². The summed E-state index contributed by atoms with van der Waals surface area (Å²) < 4.78 is 5.04. The SMILES string of the molecule is CCOC(=O)C[C@@H](C)N1CC(=O)N(C(C)(C)C)c2c(Cl)cc(C#Cc3ccc(C(=N)N)cc3)cc2C1=O. The number of nitrogens with two attached hydrogens (primary N) is 1. The van der Waals surface area contributed by atoms with Crippen molar-refractivity contribution in [3.8, 4) is 11.8 Å². The smallest absolute Gasteiger partial charge is 0.307 e. The third-order valence-corrected chi connectivity index (χ3v) is 6.14. The zero-order chi connectivity index (χ0) is 27.5. The first-order chi connectivity index (χ1) is 17.3. The molecule has 0 saturated carbocycles. The summed E-state index contributed by atoms with van der Waals surface area (Å²) in [6, 6.07) is 9.59. The predicted molar refractivity (Wildman–Crippen MR) is 144 cm³/mol. The molecule has 2 amide bonds. The number of hydrogen-bond acceptors (Lipinski definition) is 5. The van der Waals surface area contributed by atoms with E-state index >= 15 is 0 Å². The zero-order valence-electron chi connectivity index (χ0n) is 21.6. The van der Waals surface area contributed by atoms with E-state index in [1.807, 2.05) is 20.8 Å². The van der Waals surface area contributed by atoms with Gasteiger partial charge in [-0.3, -0.25) is 19.8 Å². The van der Waals surface area contributed by atoms with Crippen molar-refractivity contribution in [2.24, 2.45) is 5.73 Å². The van der Waals surface area contributed by atoms with Gasteiger partial charge in [0.1, 0.15) is 12.4 Å². The number of amides is 2. The molecule has 0 saturated heterocycles. The van der Waals surface area contributed by atoms with Crippen molar-refractivity contribution in [1.82, 2.24) is 4.90 Å². The number of halogens is 1. The number of nitrogens with zero attached hydrogens (tertiary/aromatic N) is 2. The molecule has 1 atom stereocenters. The van der Waals surface area contributed by atoms with Crippen LogP contribution in [0.25, 0.3) is 0 Å². The van der Waals surface area contributed by atoms with E-state index in [2.05, 4.69) is 11.8 Å². The second-order valence-electron chi connectivity index (χ2n) is 9.79. The van der Waals surface area contributed by atoms with E-state index in [4.69, 9.17) is 27.5 Å². The maximum Gasteiger partial charge on any atom is 0.307 e. The third-order valence-electron chi connectivity index (χ3n) is 5.85. The second-order valence-corrected chi connectivity index (χ2v) is 10.2. The average molecular weight is 523 g/mol. The lowest BCUT2D eigenvalue weighted by atomic mass is 10.0. The van der Waals surface area contributed by atoms with Gasteiger partial charge in [0.25, 0.3) is 5.91 Å². The molecule has 1 aliphatic rings. The lowest BCUT2D eigenvalue weighted by molar-refractivity contribution is -0.144. The maximum absolute atomic E-state index is 13.8. The molecule has 37 heavy (non-hydrogen) atoms. The number of benzene rings is 2. The van der Waals surface area contributed by atoms with Gasteiger partial charge < -0.3 is 20.3 Å². The Morgan fingerprint density at radius 2 is 1.78 bits per heavy atom. The number of esters is 1. The molecule has 9 heteroatoms. The van der Waals surface area contributed by atoms with E-state index in [9.17, 15) is 14.4 Å². The lowest BCUT2D eigenvalue weighted by Gasteiger charge is -2.36. The molecule has 194 valence electrons. The molecule has 2 aromatic rings. The summed E-state index contributed by atoms with van der Waals surface area (Å²) in [4.78, 5) is 42.2. The molecule has 0 bridgehead atoms. The Balaban J connectivity index is 2.08. The van der Waals surface area contributed by atoms with E-state index in [1.165, 1.54) is 9.80 Å². The van der Waals surface area contributed by atoms with Gasteiger partial charge in [0.2, 0.25) is 5.91 Å². The molecule has 2 aromatic carbocycles. The summed E-state index contributed by atoms with van der Waals surface area (Å²) in [6.07, 6.45) is -0.0405. The van der Waals surface area contributed by atoms with Crippen LogP contribution in [0.3, 0.4) is 0 Å². The van der Waals surface area contributed by atoms with Crippen LogP contribution in [0.15, 0.2) is 36.4 Å². The monoisotopic (exact) mass is 522 g/mol. The van der Waals surface area contributed by atoms with Gasteiger partial charge in [0.05, 0.1) is 29.3 Å². The molecule has 0 aromatic heterocycles. The minimum atomic E-state index is -0.665. The molecule has 8 nitrogen and oxygen atoms in total. The van der Waals surface area contributed by atoms with E-state index in [0.29, 0.717) is 22.4 Å². The van der Waals surface area contributed by atoms with Gasteiger partial charge in [-0.2, -0.15) is 0 Å². The number of nitrogen functional groups attached to an aromatic ring is 1. The van der Waals surface area contributed by atoms with Crippen molar-refractivity contribution in [3.05, 3.63) is 63.7 Å². The second kappa shape index (κ2) is 11.1. The van der Waals surface area contributed by atoms with Crippen LogP contribution in [0.4, 0.5) is 5.69 Å². The number of ether oxygens (including phenoxy) is 1. The van der Waals surface area contributed by atoms with E-state index in [-0.39, 0.29) is 41.9 Å². The normalized spacial score (nSPS) is 14.3. The van der Waals surface area contributed by atoms with Gasteiger partial charge in [-0.15, -0.1) is 0 Å². The first kappa shape index (κ1) is 27.8. The van der Waals surface area contributed by atoms with Crippen LogP contribution in [0, 0.1) is 17.3 Å². The van der Waals surface area contributed by atoms with E-state index in [0.717, 1.165) is 0 Å². The first-order valence-corrected chi connectivity index (χ1v) is 12.3. The number of carbonyl (C=O) groups is 3. The molecule has 0 spiro atoms. The Kier molecular flexibility index (Phi) is 8.29. The minimum absolute atomic E-state index is 0.0322. The van der Waals surface area contributed by atoms with Crippen molar-refractivity contribution in [3.63, 3.8) is 0 Å². The molecule has 3 N–H and O–H groups in total. The largest absolute Gasteiger partial charge is 0.466 e. The fourth-order valence-electron chi connectivity index (χ4n) is 4.14. The highest BCUT2D eigenvalue weighted by Crippen LogP contribution is 2.38. The first-order valence-electron chi connectivity index (χ1n) is 11.9. The minimum Gasteiger partial charge on any atom is -0.466 e. The number of anilines is 1. The Morgan fingerprint density at radius 1 is 1.16 bits per heavy atom. The molecule has 1 aliphatic heterocycles. The fourth-order valence-corrected chi connectivity index (χ4v) is 4.45. The van der Waals surface area contributed by atoms with Crippen molar-refractivity contribution in [1.29, 1.82) is 5.41 Å². The van der Waals surface area contributed by atoms with E-state index < -0.39 is 23.5 Å². The van der Waals surface area contributed by atoms with Crippen molar-refractivity contribution in [2.75, 3.05) is 18.1 Å². The van der Waals surface area contributed by atoms with Gasteiger partial charge in [0.15, 0.2) is 0 Å². The zero-order valence-corrected chi connectivity index (χ0v) is 22.4. The molecule has 0 aliphatic carbocycles. The fraction of sp³-hybridized carbons (Fsp3) is 0.357. The average Bonchev–Trinajstić information content (AvgIpc) is 2.92. The Labute approximate surface area is 222 Å². The molecule has 0 radical (unpaired) electrons. The number of fused-ring (bicyclic) bond motifs is 1. The number of nitrogens with one attached hydrogen (secondary N) is 1. The highest BCUT2D eigenvalue weighted by atomic mass is 35.5. The highest BCUT2D eigenvalue weighted by Gasteiger charge is 2.40. The van der Waals surface area contributed by atoms with Crippen LogP contribution >= 0.6 is 11.6 Å². The van der Waals surface area contributed by atoms with E-state index in [1.54, 1.807) is 50.2 Å². The summed E-state index contributed by atoms with van der Waals surface area (Å²) >= 11 is 6.70. The number of carbonyl (C=O) groups excluding carboxylic acids is 3. The Morgan fingerprint density at radius 3 is 2.35 bits per heavy atom. The van der Waals surface area contributed by atoms with Crippen molar-refractivity contribution >= 4 is 40.9 Å². The Hall–Kier alpha value is -3.83. The van der Waals surface area contributed by atoms with Crippen LogP contribution in [-0.2, 0) is 14.3 Å². The molecular weight excluding hydrogens is 492 g/mol. The lowest BCUT2D eigenvalue weighted by Crippen LogP contribution is -2.50. The summed E-state index contributed by atoms with van der Waals surface area (Å²) in [5, 5.41) is 7.74. The standard InChI is InChI=1S/C28H31ClN4O4/c1-6-37-24(35)13-17(2)32-16-23(34)33(28(3,4)5)25-21(27(32)36)14-19(15-22(25)29)8-7-18-9-11-20(12-10-18)26(30)31/h9-12,14-15,17H,6,13,16H2,1-5H3,(H3,30,31)/t17-/m1/s1. The number of amidine groups is 1. The van der Waals surface area contributed by atoms with Gasteiger partial charge in [0, 0.05) is 28.3 Å². The van der Waals surface area contributed by atoms with Crippen LogP contribution < -0.4 is 10.6 Å². The molecule has 3 rings (SSSR count). The van der Waals surface area contributed by atoms with Crippen molar-refractivity contribution < 1.29 is 19.1 Å². The summed E-state index contributed by atoms with van der Waals surface area (Å²) in [5.74, 6) is 4.87. The Bertz CT molecular complexity index is 1300. The third kappa shape index (κ3) is 6.30. The van der Waals surface area contributed by atoms with Gasteiger partial charge in [-0.1, -0.05) is 35.6 Å². The molecule has 1 heterocycles. The molecular formula is C28H31ClN4O4. The van der Waals surface area contributed by atoms with Crippen LogP contribution in [0.1, 0.15) is 68.1 Å². The quantitative estimate of drug-likeness (QED) is 0.267. The van der Waals surface area contributed by atoms with Crippen LogP contribution in [0.2, 0.25) is 5.02 Å². The maximum atomic E-state index is 13.8. The van der Waals surface area contributed by atoms with Gasteiger partial charge in [-0.25, -0.2) is 0 Å².